The first-order chi connectivity index (χ1) is 12.8. The lowest BCUT2D eigenvalue weighted by molar-refractivity contribution is -0.137. The van der Waals surface area contributed by atoms with Crippen LogP contribution in [0.25, 0.3) is 0 Å². The van der Waals surface area contributed by atoms with Crippen LogP contribution in [-0.4, -0.2) is 31.8 Å². The van der Waals surface area contributed by atoms with Gasteiger partial charge >= 0.3 is 12.1 Å². The van der Waals surface area contributed by atoms with Gasteiger partial charge < -0.3 is 14.9 Å². The van der Waals surface area contributed by atoms with E-state index in [1.54, 1.807) is 24.3 Å². The van der Waals surface area contributed by atoms with Crippen LogP contribution < -0.4 is 5.32 Å². The molecule has 0 aliphatic rings. The van der Waals surface area contributed by atoms with Crippen molar-refractivity contribution in [3.63, 3.8) is 0 Å². The number of halogens is 3. The lowest BCUT2D eigenvalue weighted by atomic mass is 10.1. The molecule has 0 spiro atoms. The molecule has 0 aliphatic heterocycles. The number of nitrogens with one attached hydrogen (secondary N) is 1. The van der Waals surface area contributed by atoms with Gasteiger partial charge in [0.25, 0.3) is 5.91 Å². The first-order valence-electron chi connectivity index (χ1n) is 7.60. The standard InChI is InChI=1S/C18H15F3N2O4/c1-26-17(25)13-4-2-12(3-5-13)10-22-27-11-16(24)23-15-8-6-14(7-9-15)18(19,20)21/h2-10H,11H2,1H3,(H,23,24)/b22-10+. The summed E-state index contributed by atoms with van der Waals surface area (Å²) < 4.78 is 42.0. The summed E-state index contributed by atoms with van der Waals surface area (Å²) >= 11 is 0. The Balaban J connectivity index is 1.80. The molecule has 0 aliphatic carbocycles. The van der Waals surface area contributed by atoms with Crippen LogP contribution in [0.2, 0.25) is 0 Å². The second-order valence-corrected chi connectivity index (χ2v) is 5.24. The summed E-state index contributed by atoms with van der Waals surface area (Å²) in [4.78, 5) is 27.8. The fourth-order valence-electron chi connectivity index (χ4n) is 1.96. The average Bonchev–Trinajstić information content (AvgIpc) is 2.65. The van der Waals surface area contributed by atoms with Crippen molar-refractivity contribution in [3.8, 4) is 0 Å². The molecule has 0 atom stereocenters. The zero-order valence-electron chi connectivity index (χ0n) is 14.1. The Morgan fingerprint density at radius 1 is 1.07 bits per heavy atom. The van der Waals surface area contributed by atoms with Gasteiger partial charge in [-0.25, -0.2) is 4.79 Å². The van der Waals surface area contributed by atoms with E-state index in [1.807, 2.05) is 0 Å². The number of esters is 1. The molecule has 0 saturated carbocycles. The van der Waals surface area contributed by atoms with Crippen molar-refractivity contribution < 1.29 is 32.3 Å². The molecule has 27 heavy (non-hydrogen) atoms. The van der Waals surface area contributed by atoms with Gasteiger partial charge in [0.05, 0.1) is 24.5 Å². The van der Waals surface area contributed by atoms with Gasteiger partial charge in [-0.3, -0.25) is 4.79 Å². The third-order valence-corrected chi connectivity index (χ3v) is 3.30. The molecular weight excluding hydrogens is 365 g/mol. The Labute approximate surface area is 152 Å². The van der Waals surface area contributed by atoms with E-state index in [0.29, 0.717) is 11.1 Å². The number of amides is 1. The first kappa shape index (κ1) is 20.0. The van der Waals surface area contributed by atoms with E-state index < -0.39 is 30.2 Å². The van der Waals surface area contributed by atoms with E-state index >= 15 is 0 Å². The molecule has 0 heterocycles. The van der Waals surface area contributed by atoms with Crippen molar-refractivity contribution in [1.29, 1.82) is 0 Å². The highest BCUT2D eigenvalue weighted by Crippen LogP contribution is 2.29. The quantitative estimate of drug-likeness (QED) is 0.473. The van der Waals surface area contributed by atoms with Crippen LogP contribution in [0.3, 0.4) is 0 Å². The zero-order chi connectivity index (χ0) is 19.9. The van der Waals surface area contributed by atoms with Gasteiger partial charge in [-0.1, -0.05) is 17.3 Å². The number of benzene rings is 2. The Kier molecular flexibility index (Phi) is 6.53. The fourth-order valence-corrected chi connectivity index (χ4v) is 1.96. The van der Waals surface area contributed by atoms with Gasteiger partial charge in [-0.15, -0.1) is 0 Å². The molecule has 6 nitrogen and oxygen atoms in total. The molecule has 0 bridgehead atoms. The molecule has 1 N–H and O–H groups in total. The molecule has 1 amide bonds. The predicted octanol–water partition coefficient (Wildman–Crippen LogP) is 3.48. The summed E-state index contributed by atoms with van der Waals surface area (Å²) in [5.74, 6) is -1.04. The van der Waals surface area contributed by atoms with Crippen LogP contribution in [0.15, 0.2) is 53.7 Å². The summed E-state index contributed by atoms with van der Waals surface area (Å²) in [5, 5.41) is 6.00. The van der Waals surface area contributed by atoms with Gasteiger partial charge in [0.2, 0.25) is 0 Å². The summed E-state index contributed by atoms with van der Waals surface area (Å²) in [5.41, 5.74) is 0.413. The van der Waals surface area contributed by atoms with E-state index in [4.69, 9.17) is 4.84 Å². The number of methoxy groups -OCH3 is 1. The van der Waals surface area contributed by atoms with Crippen LogP contribution in [0.5, 0.6) is 0 Å². The number of alkyl halides is 3. The number of anilines is 1. The summed E-state index contributed by atoms with van der Waals surface area (Å²) in [6.07, 6.45) is -3.10. The number of hydrogen-bond acceptors (Lipinski definition) is 5. The number of ether oxygens (including phenoxy) is 1. The van der Waals surface area contributed by atoms with E-state index in [0.717, 1.165) is 24.3 Å². The van der Waals surface area contributed by atoms with Crippen LogP contribution in [0, 0.1) is 0 Å². The highest BCUT2D eigenvalue weighted by atomic mass is 19.4. The SMILES string of the molecule is COC(=O)c1ccc(/C=N/OCC(=O)Nc2ccc(C(F)(F)F)cc2)cc1. The second-order valence-electron chi connectivity index (χ2n) is 5.24. The van der Waals surface area contributed by atoms with Gasteiger partial charge in [0, 0.05) is 5.69 Å². The molecular formula is C18H15F3N2O4. The largest absolute Gasteiger partial charge is 0.465 e. The van der Waals surface area contributed by atoms with Crippen molar-refractivity contribution in [2.24, 2.45) is 5.16 Å². The summed E-state index contributed by atoms with van der Waals surface area (Å²) in [7, 11) is 1.28. The molecule has 9 heteroatoms. The Morgan fingerprint density at radius 2 is 1.70 bits per heavy atom. The minimum atomic E-state index is -4.44. The fraction of sp³-hybridized carbons (Fsp3) is 0.167. The second kappa shape index (κ2) is 8.84. The first-order valence-corrected chi connectivity index (χ1v) is 7.60. The minimum absolute atomic E-state index is 0.207. The van der Waals surface area contributed by atoms with Gasteiger partial charge in [-0.05, 0) is 42.0 Å². The molecule has 0 radical (unpaired) electrons. The molecule has 2 aromatic rings. The van der Waals surface area contributed by atoms with Gasteiger partial charge in [0.1, 0.15) is 0 Å². The Bertz CT molecular complexity index is 816. The van der Waals surface area contributed by atoms with Crippen LogP contribution in [-0.2, 0) is 20.5 Å². The van der Waals surface area contributed by atoms with E-state index in [9.17, 15) is 22.8 Å². The van der Waals surface area contributed by atoms with Crippen molar-refractivity contribution >= 4 is 23.8 Å². The summed E-state index contributed by atoms with van der Waals surface area (Å²) in [6.45, 7) is -0.419. The molecule has 2 rings (SSSR count). The van der Waals surface area contributed by atoms with Crippen LogP contribution >= 0.6 is 0 Å². The van der Waals surface area contributed by atoms with E-state index in [2.05, 4.69) is 15.2 Å². The zero-order valence-corrected chi connectivity index (χ0v) is 14.1. The number of oxime groups is 1. The number of nitrogens with zero attached hydrogens (tertiary/aromatic N) is 1. The highest BCUT2D eigenvalue weighted by Gasteiger charge is 2.29. The van der Waals surface area contributed by atoms with Crippen molar-refractivity contribution in [1.82, 2.24) is 0 Å². The van der Waals surface area contributed by atoms with Crippen molar-refractivity contribution in [2.75, 3.05) is 19.0 Å². The van der Waals surface area contributed by atoms with Crippen LogP contribution in [0.1, 0.15) is 21.5 Å². The monoisotopic (exact) mass is 380 g/mol. The number of carbonyl (C=O) groups is 2. The molecule has 0 unspecified atom stereocenters. The average molecular weight is 380 g/mol. The number of hydrogen-bond donors (Lipinski definition) is 1. The maximum atomic E-state index is 12.5. The molecule has 0 aromatic heterocycles. The van der Waals surface area contributed by atoms with Gasteiger partial charge in [-0.2, -0.15) is 13.2 Å². The highest BCUT2D eigenvalue weighted by molar-refractivity contribution is 5.92. The molecule has 0 fully saturated rings. The molecule has 0 saturated heterocycles. The Morgan fingerprint density at radius 3 is 2.26 bits per heavy atom. The number of carbonyl (C=O) groups excluding carboxylic acids is 2. The van der Waals surface area contributed by atoms with Crippen molar-refractivity contribution in [3.05, 3.63) is 65.2 Å². The maximum absolute atomic E-state index is 12.5. The Hall–Kier alpha value is -3.36. The lowest BCUT2D eigenvalue weighted by Crippen LogP contribution is -2.17. The van der Waals surface area contributed by atoms with E-state index in [-0.39, 0.29) is 5.69 Å². The minimum Gasteiger partial charge on any atom is -0.465 e. The topological polar surface area (TPSA) is 77.0 Å². The maximum Gasteiger partial charge on any atom is 0.416 e. The molecule has 142 valence electrons. The predicted molar refractivity (Wildman–Crippen MR) is 91.4 cm³/mol. The third kappa shape index (κ3) is 6.14. The summed E-state index contributed by atoms with van der Waals surface area (Å²) in [6, 6.07) is 10.3. The molecule has 2 aromatic carbocycles. The smallest absolute Gasteiger partial charge is 0.416 e. The normalized spacial score (nSPS) is 11.3. The van der Waals surface area contributed by atoms with Gasteiger partial charge in [0.15, 0.2) is 6.61 Å². The van der Waals surface area contributed by atoms with Crippen LogP contribution in [0.4, 0.5) is 18.9 Å². The third-order valence-electron chi connectivity index (χ3n) is 3.30. The van der Waals surface area contributed by atoms with E-state index in [1.165, 1.54) is 13.3 Å². The number of rotatable bonds is 6. The lowest BCUT2D eigenvalue weighted by Gasteiger charge is -2.08. The van der Waals surface area contributed by atoms with Crippen molar-refractivity contribution in [2.45, 2.75) is 6.18 Å².